The van der Waals surface area contributed by atoms with E-state index in [2.05, 4.69) is 20.6 Å². The number of anilines is 3. The number of carbonyl (C=O) groups is 2. The number of pyridine rings is 1. The van der Waals surface area contributed by atoms with E-state index < -0.39 is 0 Å². The van der Waals surface area contributed by atoms with E-state index in [1.807, 2.05) is 31.2 Å². The highest BCUT2D eigenvalue weighted by molar-refractivity contribution is 6.00. The third-order valence-electron chi connectivity index (χ3n) is 5.83. The van der Waals surface area contributed by atoms with E-state index in [9.17, 15) is 9.59 Å². The van der Waals surface area contributed by atoms with Gasteiger partial charge in [-0.1, -0.05) is 0 Å². The van der Waals surface area contributed by atoms with E-state index >= 15 is 0 Å². The molecule has 0 atom stereocenters. The standard InChI is InChI=1S/C28H26N6O4/c1-2-38-24-17-30-27(33-26(24)19-11-13-29-14-12-19)20-3-5-21(6-4-20)31-28(36)32-22-7-9-23(10-8-22)34-15-16-37-18-25(34)35/h3-14,17H,2,15-16,18H2,1H3,(H2,31,32,36). The van der Waals surface area contributed by atoms with Gasteiger partial charge in [0.1, 0.15) is 12.3 Å². The highest BCUT2D eigenvalue weighted by atomic mass is 16.5. The number of morpholine rings is 1. The number of ether oxygens (including phenoxy) is 2. The van der Waals surface area contributed by atoms with Crippen molar-refractivity contribution >= 4 is 29.0 Å². The molecule has 2 aromatic carbocycles. The minimum absolute atomic E-state index is 0.0811. The van der Waals surface area contributed by atoms with Crippen LogP contribution in [0.4, 0.5) is 21.9 Å². The van der Waals surface area contributed by atoms with E-state index in [0.29, 0.717) is 48.4 Å². The zero-order valence-electron chi connectivity index (χ0n) is 20.8. The third-order valence-corrected chi connectivity index (χ3v) is 5.83. The molecule has 192 valence electrons. The normalized spacial score (nSPS) is 13.2. The number of carbonyl (C=O) groups excluding carboxylic acids is 2. The summed E-state index contributed by atoms with van der Waals surface area (Å²) in [5, 5.41) is 5.62. The van der Waals surface area contributed by atoms with Gasteiger partial charge in [-0.05, 0) is 67.6 Å². The second kappa shape index (κ2) is 11.5. The lowest BCUT2D eigenvalue weighted by atomic mass is 10.1. The number of benzene rings is 2. The summed E-state index contributed by atoms with van der Waals surface area (Å²) in [7, 11) is 0. The maximum absolute atomic E-state index is 12.5. The summed E-state index contributed by atoms with van der Waals surface area (Å²) in [6.07, 6.45) is 5.08. The molecule has 0 bridgehead atoms. The molecule has 1 saturated heterocycles. The van der Waals surface area contributed by atoms with Gasteiger partial charge in [-0.3, -0.25) is 9.78 Å². The van der Waals surface area contributed by atoms with Crippen LogP contribution in [0.5, 0.6) is 5.75 Å². The Bertz CT molecular complexity index is 1410. The number of hydrogen-bond acceptors (Lipinski definition) is 7. The van der Waals surface area contributed by atoms with Gasteiger partial charge < -0.3 is 25.0 Å². The largest absolute Gasteiger partial charge is 0.490 e. The lowest BCUT2D eigenvalue weighted by molar-refractivity contribution is -0.125. The summed E-state index contributed by atoms with van der Waals surface area (Å²) < 4.78 is 10.9. The van der Waals surface area contributed by atoms with Crippen LogP contribution in [0.2, 0.25) is 0 Å². The molecule has 5 rings (SSSR count). The molecular formula is C28H26N6O4. The first-order chi connectivity index (χ1) is 18.6. The number of hydrogen-bond donors (Lipinski definition) is 2. The molecule has 2 aromatic heterocycles. The van der Waals surface area contributed by atoms with Crippen LogP contribution in [0.25, 0.3) is 22.6 Å². The molecule has 10 nitrogen and oxygen atoms in total. The number of aromatic nitrogens is 3. The average molecular weight is 511 g/mol. The fourth-order valence-corrected chi connectivity index (χ4v) is 4.00. The van der Waals surface area contributed by atoms with Gasteiger partial charge in [0.15, 0.2) is 11.6 Å². The van der Waals surface area contributed by atoms with Gasteiger partial charge in [0.25, 0.3) is 5.91 Å². The molecule has 3 amide bonds. The average Bonchev–Trinajstić information content (AvgIpc) is 2.95. The molecule has 3 heterocycles. The van der Waals surface area contributed by atoms with E-state index in [1.165, 1.54) is 0 Å². The van der Waals surface area contributed by atoms with Crippen LogP contribution in [-0.4, -0.2) is 53.3 Å². The third kappa shape index (κ3) is 5.76. The first-order valence-electron chi connectivity index (χ1n) is 12.2. The van der Waals surface area contributed by atoms with Crippen LogP contribution in [0.1, 0.15) is 6.92 Å². The Morgan fingerprint density at radius 2 is 1.66 bits per heavy atom. The topological polar surface area (TPSA) is 119 Å². The van der Waals surface area contributed by atoms with Gasteiger partial charge in [0.05, 0.1) is 19.4 Å². The van der Waals surface area contributed by atoms with E-state index in [4.69, 9.17) is 14.5 Å². The smallest absolute Gasteiger partial charge is 0.323 e. The summed E-state index contributed by atoms with van der Waals surface area (Å²) in [5.74, 6) is 1.06. The van der Waals surface area contributed by atoms with Crippen molar-refractivity contribution in [2.45, 2.75) is 6.92 Å². The summed E-state index contributed by atoms with van der Waals surface area (Å²) >= 11 is 0. The van der Waals surface area contributed by atoms with Gasteiger partial charge >= 0.3 is 6.03 Å². The maximum atomic E-state index is 12.5. The highest BCUT2D eigenvalue weighted by Gasteiger charge is 2.20. The molecule has 38 heavy (non-hydrogen) atoms. The van der Waals surface area contributed by atoms with E-state index in [1.54, 1.807) is 59.9 Å². The molecule has 1 aliphatic heterocycles. The molecule has 1 aliphatic rings. The van der Waals surface area contributed by atoms with Crippen molar-refractivity contribution in [2.75, 3.05) is 41.9 Å². The number of urea groups is 1. The van der Waals surface area contributed by atoms with Gasteiger partial charge in [-0.15, -0.1) is 0 Å². The second-order valence-electron chi connectivity index (χ2n) is 8.38. The molecule has 0 spiro atoms. The molecule has 0 radical (unpaired) electrons. The van der Waals surface area contributed by atoms with Gasteiger partial charge in [-0.25, -0.2) is 14.8 Å². The van der Waals surface area contributed by atoms with Crippen molar-refractivity contribution in [3.8, 4) is 28.4 Å². The molecule has 0 aliphatic carbocycles. The minimum atomic E-state index is -0.384. The molecule has 0 unspecified atom stereocenters. The van der Waals surface area contributed by atoms with Crippen molar-refractivity contribution < 1.29 is 19.1 Å². The number of amides is 3. The summed E-state index contributed by atoms with van der Waals surface area (Å²) in [4.78, 5) is 39.5. The van der Waals surface area contributed by atoms with Gasteiger partial charge in [-0.2, -0.15) is 0 Å². The van der Waals surface area contributed by atoms with Crippen LogP contribution in [0, 0.1) is 0 Å². The van der Waals surface area contributed by atoms with Crippen molar-refractivity contribution in [3.63, 3.8) is 0 Å². The van der Waals surface area contributed by atoms with Crippen LogP contribution < -0.4 is 20.3 Å². The van der Waals surface area contributed by atoms with Crippen LogP contribution in [0.3, 0.4) is 0 Å². The van der Waals surface area contributed by atoms with Crippen molar-refractivity contribution in [1.82, 2.24) is 15.0 Å². The monoisotopic (exact) mass is 510 g/mol. The quantitative estimate of drug-likeness (QED) is 0.373. The Labute approximate surface area is 219 Å². The van der Waals surface area contributed by atoms with Crippen molar-refractivity contribution in [1.29, 1.82) is 0 Å². The predicted octanol–water partition coefficient (Wildman–Crippen LogP) is 4.61. The van der Waals surface area contributed by atoms with E-state index in [-0.39, 0.29) is 18.5 Å². The Morgan fingerprint density at radius 3 is 2.32 bits per heavy atom. The Balaban J connectivity index is 1.24. The molecule has 0 saturated carbocycles. The summed E-state index contributed by atoms with van der Waals surface area (Å²) in [5.41, 5.74) is 4.35. The number of nitrogens with zero attached hydrogens (tertiary/aromatic N) is 4. The van der Waals surface area contributed by atoms with Crippen LogP contribution >= 0.6 is 0 Å². The number of nitrogens with one attached hydrogen (secondary N) is 2. The highest BCUT2D eigenvalue weighted by Crippen LogP contribution is 2.30. The molecule has 10 heteroatoms. The first kappa shape index (κ1) is 24.8. The number of rotatable bonds is 7. The van der Waals surface area contributed by atoms with Crippen LogP contribution in [0.15, 0.2) is 79.3 Å². The van der Waals surface area contributed by atoms with Crippen molar-refractivity contribution in [3.05, 3.63) is 79.3 Å². The minimum Gasteiger partial charge on any atom is -0.490 e. The lowest BCUT2D eigenvalue weighted by Gasteiger charge is -2.26. The fourth-order valence-electron chi connectivity index (χ4n) is 4.00. The predicted molar refractivity (Wildman–Crippen MR) is 144 cm³/mol. The molecule has 2 N–H and O–H groups in total. The van der Waals surface area contributed by atoms with Gasteiger partial charge in [0.2, 0.25) is 0 Å². The first-order valence-corrected chi connectivity index (χ1v) is 12.2. The lowest BCUT2D eigenvalue weighted by Crippen LogP contribution is -2.41. The Kier molecular flexibility index (Phi) is 7.51. The van der Waals surface area contributed by atoms with Gasteiger partial charge in [0, 0.05) is 47.1 Å². The molecular weight excluding hydrogens is 484 g/mol. The Morgan fingerprint density at radius 1 is 0.974 bits per heavy atom. The Hall–Kier alpha value is -4.83. The zero-order valence-corrected chi connectivity index (χ0v) is 20.8. The molecule has 1 fully saturated rings. The SMILES string of the molecule is CCOc1cnc(-c2ccc(NC(=O)Nc3ccc(N4CCOCC4=O)cc3)cc2)nc1-c1ccncc1. The van der Waals surface area contributed by atoms with Crippen LogP contribution in [-0.2, 0) is 9.53 Å². The van der Waals surface area contributed by atoms with Crippen molar-refractivity contribution in [2.24, 2.45) is 0 Å². The maximum Gasteiger partial charge on any atom is 0.323 e. The van der Waals surface area contributed by atoms with E-state index in [0.717, 1.165) is 16.8 Å². The molecule has 4 aromatic rings. The second-order valence-corrected chi connectivity index (χ2v) is 8.38. The summed E-state index contributed by atoms with van der Waals surface area (Å²) in [6.45, 7) is 3.51. The zero-order chi connectivity index (χ0) is 26.3. The fraction of sp³-hybridized carbons (Fsp3) is 0.179. The summed E-state index contributed by atoms with van der Waals surface area (Å²) in [6, 6.07) is 17.7.